The fourth-order valence-corrected chi connectivity index (χ4v) is 1.44. The van der Waals surface area contributed by atoms with Crippen LogP contribution in [-0.4, -0.2) is 22.2 Å². The van der Waals surface area contributed by atoms with E-state index >= 15 is 0 Å². The van der Waals surface area contributed by atoms with Gasteiger partial charge in [0.25, 0.3) is 0 Å². The molecule has 0 bridgehead atoms. The number of carbonyl (C=O) groups excluding carboxylic acids is 1. The smallest absolute Gasteiger partial charge is 0.242 e. The highest BCUT2D eigenvalue weighted by molar-refractivity contribution is 6.04. The van der Waals surface area contributed by atoms with Gasteiger partial charge in [-0.15, -0.1) is 0 Å². The molecular formula is C11H10N2O2. The number of rotatable bonds is 1. The topological polar surface area (TPSA) is 65.4 Å². The van der Waals surface area contributed by atoms with Crippen LogP contribution in [0.3, 0.4) is 0 Å². The number of fused-ring (bicyclic) bond motifs is 1. The molecule has 0 aliphatic carbocycles. The van der Waals surface area contributed by atoms with E-state index in [1.54, 1.807) is 0 Å². The largest absolute Gasteiger partial charge is 0.494 e. The zero-order chi connectivity index (χ0) is 10.8. The summed E-state index contributed by atoms with van der Waals surface area (Å²) in [6.07, 6.45) is 1.37. The van der Waals surface area contributed by atoms with Crippen LogP contribution < -0.4 is 0 Å². The fraction of sp³-hybridized carbons (Fsp3) is 0.0909. The summed E-state index contributed by atoms with van der Waals surface area (Å²) in [5.41, 5.74) is 1.36. The van der Waals surface area contributed by atoms with Gasteiger partial charge in [-0.3, -0.25) is 4.79 Å². The first-order chi connectivity index (χ1) is 7.18. The number of aromatic amines is 1. The first-order valence-corrected chi connectivity index (χ1v) is 4.53. The summed E-state index contributed by atoms with van der Waals surface area (Å²) in [6, 6.07) is 7.43. The number of amides is 1. The van der Waals surface area contributed by atoms with Crippen LogP contribution in [0, 0.1) is 0 Å². The van der Waals surface area contributed by atoms with Gasteiger partial charge in [0, 0.05) is 24.0 Å². The van der Waals surface area contributed by atoms with Crippen molar-refractivity contribution in [2.24, 2.45) is 4.99 Å². The van der Waals surface area contributed by atoms with E-state index in [-0.39, 0.29) is 11.8 Å². The average Bonchev–Trinajstić information content (AvgIpc) is 2.50. The van der Waals surface area contributed by atoms with E-state index in [1.165, 1.54) is 13.1 Å². The molecule has 0 aliphatic heterocycles. The summed E-state index contributed by atoms with van der Waals surface area (Å²) in [4.78, 5) is 17.1. The van der Waals surface area contributed by atoms with Crippen molar-refractivity contribution in [1.29, 1.82) is 0 Å². The molecule has 4 heteroatoms. The van der Waals surface area contributed by atoms with Crippen molar-refractivity contribution in [2.45, 2.75) is 6.92 Å². The van der Waals surface area contributed by atoms with Gasteiger partial charge in [-0.25, -0.2) is 4.99 Å². The van der Waals surface area contributed by atoms with Gasteiger partial charge in [0.05, 0.1) is 5.56 Å². The molecule has 0 saturated carbocycles. The van der Waals surface area contributed by atoms with Crippen LogP contribution in [-0.2, 0) is 4.79 Å². The van der Waals surface area contributed by atoms with Crippen molar-refractivity contribution in [2.75, 3.05) is 0 Å². The van der Waals surface area contributed by atoms with Gasteiger partial charge < -0.3 is 10.1 Å². The monoisotopic (exact) mass is 202 g/mol. The summed E-state index contributed by atoms with van der Waals surface area (Å²) in [6.45, 7) is 1.36. The predicted molar refractivity (Wildman–Crippen MR) is 58.2 cm³/mol. The minimum Gasteiger partial charge on any atom is -0.494 e. The lowest BCUT2D eigenvalue weighted by Gasteiger charge is -1.90. The maximum Gasteiger partial charge on any atom is 0.242 e. The summed E-state index contributed by atoms with van der Waals surface area (Å²) >= 11 is 0. The number of nitrogens with one attached hydrogen (secondary N) is 1. The van der Waals surface area contributed by atoms with Gasteiger partial charge in [0.15, 0.2) is 5.88 Å². The van der Waals surface area contributed by atoms with E-state index in [0.717, 1.165) is 10.9 Å². The summed E-state index contributed by atoms with van der Waals surface area (Å²) in [5, 5.41) is 10.4. The van der Waals surface area contributed by atoms with Crippen molar-refractivity contribution in [1.82, 2.24) is 4.98 Å². The van der Waals surface area contributed by atoms with Crippen LogP contribution in [0.5, 0.6) is 5.88 Å². The number of carbonyl (C=O) groups is 1. The first-order valence-electron chi connectivity index (χ1n) is 4.53. The van der Waals surface area contributed by atoms with E-state index < -0.39 is 0 Å². The number of nitrogens with zero attached hydrogens (tertiary/aromatic N) is 1. The van der Waals surface area contributed by atoms with Crippen LogP contribution in [0.2, 0.25) is 0 Å². The molecule has 0 aliphatic rings. The summed E-state index contributed by atoms with van der Waals surface area (Å²) in [5.74, 6) is -0.263. The zero-order valence-corrected chi connectivity index (χ0v) is 8.19. The standard InChI is InChI=1S/C11H10N2O2/c1-7(14)12-6-9-8-4-2-3-5-10(8)13-11(9)15/h2-6,13,15H,1H3. The Bertz CT molecular complexity index is 541. The Morgan fingerprint density at radius 3 is 2.93 bits per heavy atom. The van der Waals surface area contributed by atoms with Crippen LogP contribution in [0.1, 0.15) is 12.5 Å². The molecule has 0 saturated heterocycles. The van der Waals surface area contributed by atoms with Crippen molar-refractivity contribution < 1.29 is 9.90 Å². The van der Waals surface area contributed by atoms with Crippen LogP contribution in [0.4, 0.5) is 0 Å². The van der Waals surface area contributed by atoms with Gasteiger partial charge in [0.2, 0.25) is 5.91 Å². The average molecular weight is 202 g/mol. The molecule has 76 valence electrons. The lowest BCUT2D eigenvalue weighted by atomic mass is 10.2. The van der Waals surface area contributed by atoms with Gasteiger partial charge in [-0.2, -0.15) is 0 Å². The quantitative estimate of drug-likeness (QED) is 0.693. The summed E-state index contributed by atoms with van der Waals surface area (Å²) in [7, 11) is 0. The highest BCUT2D eigenvalue weighted by Gasteiger charge is 2.07. The minimum absolute atomic E-state index is 0.0289. The molecule has 0 radical (unpaired) electrons. The van der Waals surface area contributed by atoms with E-state index in [9.17, 15) is 9.90 Å². The van der Waals surface area contributed by atoms with E-state index in [1.807, 2.05) is 24.3 Å². The third kappa shape index (κ3) is 1.74. The maximum atomic E-state index is 10.7. The van der Waals surface area contributed by atoms with E-state index in [4.69, 9.17) is 0 Å². The SMILES string of the molecule is CC(=O)N=Cc1c(O)[nH]c2ccccc12. The molecule has 15 heavy (non-hydrogen) atoms. The Kier molecular flexibility index (Phi) is 2.25. The number of hydrogen-bond donors (Lipinski definition) is 2. The van der Waals surface area contributed by atoms with Gasteiger partial charge in [0.1, 0.15) is 0 Å². The molecule has 0 unspecified atom stereocenters. The molecule has 2 N–H and O–H groups in total. The predicted octanol–water partition coefficient (Wildman–Crippen LogP) is 1.84. The second-order valence-corrected chi connectivity index (χ2v) is 3.21. The first kappa shape index (κ1) is 9.45. The third-order valence-electron chi connectivity index (χ3n) is 2.10. The van der Waals surface area contributed by atoms with Crippen molar-refractivity contribution in [3.05, 3.63) is 29.8 Å². The zero-order valence-electron chi connectivity index (χ0n) is 8.19. The maximum absolute atomic E-state index is 10.7. The normalized spacial score (nSPS) is 11.3. The molecule has 4 nitrogen and oxygen atoms in total. The Morgan fingerprint density at radius 1 is 1.47 bits per heavy atom. The van der Waals surface area contributed by atoms with Gasteiger partial charge in [-0.05, 0) is 6.07 Å². The Labute approximate surface area is 86.3 Å². The molecule has 2 aromatic rings. The van der Waals surface area contributed by atoms with E-state index in [0.29, 0.717) is 5.56 Å². The highest BCUT2D eigenvalue weighted by atomic mass is 16.3. The molecule has 1 heterocycles. The van der Waals surface area contributed by atoms with Crippen molar-refractivity contribution in [3.8, 4) is 5.88 Å². The molecule has 0 atom stereocenters. The van der Waals surface area contributed by atoms with E-state index in [2.05, 4.69) is 9.98 Å². The molecule has 1 amide bonds. The second-order valence-electron chi connectivity index (χ2n) is 3.21. The highest BCUT2D eigenvalue weighted by Crippen LogP contribution is 2.24. The van der Waals surface area contributed by atoms with Gasteiger partial charge in [-0.1, -0.05) is 18.2 Å². The van der Waals surface area contributed by atoms with Gasteiger partial charge >= 0.3 is 0 Å². The Balaban J connectivity index is 2.59. The molecular weight excluding hydrogens is 192 g/mol. The Hall–Kier alpha value is -2.10. The number of aromatic nitrogens is 1. The molecule has 0 spiro atoms. The molecule has 1 aromatic carbocycles. The van der Waals surface area contributed by atoms with Crippen molar-refractivity contribution >= 4 is 23.0 Å². The lowest BCUT2D eigenvalue weighted by Crippen LogP contribution is -1.86. The molecule has 0 fully saturated rings. The molecule has 1 aromatic heterocycles. The Morgan fingerprint density at radius 2 is 2.20 bits per heavy atom. The number of aliphatic imine (C=N–C) groups is 1. The molecule has 2 rings (SSSR count). The van der Waals surface area contributed by atoms with Crippen molar-refractivity contribution in [3.63, 3.8) is 0 Å². The number of H-pyrrole nitrogens is 1. The van der Waals surface area contributed by atoms with Crippen LogP contribution in [0.25, 0.3) is 10.9 Å². The number of para-hydroxylation sites is 1. The fourth-order valence-electron chi connectivity index (χ4n) is 1.44. The minimum atomic E-state index is -0.292. The number of benzene rings is 1. The summed E-state index contributed by atoms with van der Waals surface area (Å²) < 4.78 is 0. The van der Waals surface area contributed by atoms with Crippen LogP contribution in [0.15, 0.2) is 29.3 Å². The number of hydrogen-bond acceptors (Lipinski definition) is 2. The second kappa shape index (κ2) is 3.57. The number of aromatic hydroxyl groups is 1. The third-order valence-corrected chi connectivity index (χ3v) is 2.10. The van der Waals surface area contributed by atoms with Crippen LogP contribution >= 0.6 is 0 Å². The lowest BCUT2D eigenvalue weighted by molar-refractivity contribution is -0.115.